The summed E-state index contributed by atoms with van der Waals surface area (Å²) < 4.78 is 9.43. The van der Waals surface area contributed by atoms with Gasteiger partial charge in [0.05, 0.1) is 13.2 Å². The number of Topliss-reactive ketones (excluding diaryl/α,β-unsaturated/α-hetero) is 1. The first kappa shape index (κ1) is 14.4. The minimum absolute atomic E-state index is 0.0871. The minimum atomic E-state index is -1.23. The molecule has 1 aromatic heterocycles. The average Bonchev–Trinajstić information content (AvgIpc) is 2.83. The van der Waals surface area contributed by atoms with Gasteiger partial charge in [-0.1, -0.05) is 0 Å². The Morgan fingerprint density at radius 3 is 2.39 bits per heavy atom. The molecule has 0 N–H and O–H groups in total. The number of hydrogen-bond donors (Lipinski definition) is 0. The van der Waals surface area contributed by atoms with Crippen molar-refractivity contribution in [3.05, 3.63) is 22.4 Å². The molecule has 98 valence electrons. The maximum Gasteiger partial charge on any atom is 0.375 e. The van der Waals surface area contributed by atoms with E-state index in [0.29, 0.717) is 5.56 Å². The molecule has 5 nitrogen and oxygen atoms in total. The van der Waals surface area contributed by atoms with Crippen LogP contribution in [0.5, 0.6) is 0 Å². The van der Waals surface area contributed by atoms with Crippen LogP contribution < -0.4 is 0 Å². The van der Waals surface area contributed by atoms with Gasteiger partial charge in [-0.3, -0.25) is 9.59 Å². The average molecular weight is 270 g/mol. The van der Waals surface area contributed by atoms with Crippen LogP contribution in [0.1, 0.15) is 25.3 Å². The summed E-state index contributed by atoms with van der Waals surface area (Å²) >= 11 is 1.33. The van der Waals surface area contributed by atoms with Crippen molar-refractivity contribution in [2.75, 3.05) is 13.2 Å². The molecule has 0 saturated heterocycles. The van der Waals surface area contributed by atoms with E-state index in [1.54, 1.807) is 30.7 Å². The standard InChI is InChI=1S/C12H14O5S/c1-3-16-11(14)9(8-5-6-18-7-8)10(13)12(15)17-4-2/h5-7,9H,3-4H2,1-2H3. The van der Waals surface area contributed by atoms with Gasteiger partial charge >= 0.3 is 11.9 Å². The van der Waals surface area contributed by atoms with Crippen molar-refractivity contribution in [1.82, 2.24) is 0 Å². The van der Waals surface area contributed by atoms with Gasteiger partial charge in [0.1, 0.15) is 0 Å². The molecule has 0 radical (unpaired) electrons. The fourth-order valence-corrected chi connectivity index (χ4v) is 2.07. The number of carbonyl (C=O) groups excluding carboxylic acids is 3. The van der Waals surface area contributed by atoms with E-state index in [1.165, 1.54) is 11.3 Å². The predicted octanol–water partition coefficient (Wildman–Crippen LogP) is 1.53. The van der Waals surface area contributed by atoms with Crippen LogP contribution in [0.4, 0.5) is 0 Å². The predicted molar refractivity (Wildman–Crippen MR) is 65.3 cm³/mol. The first-order valence-corrected chi connectivity index (χ1v) is 6.45. The van der Waals surface area contributed by atoms with Crippen LogP contribution in [0, 0.1) is 0 Å². The second-order valence-electron chi connectivity index (χ2n) is 3.33. The molecule has 0 saturated carbocycles. The highest BCUT2D eigenvalue weighted by molar-refractivity contribution is 7.08. The monoisotopic (exact) mass is 270 g/mol. The largest absolute Gasteiger partial charge is 0.465 e. The third-order valence-electron chi connectivity index (χ3n) is 2.14. The fourth-order valence-electron chi connectivity index (χ4n) is 1.38. The van der Waals surface area contributed by atoms with Crippen molar-refractivity contribution >= 4 is 29.1 Å². The zero-order valence-corrected chi connectivity index (χ0v) is 11.0. The van der Waals surface area contributed by atoms with Crippen molar-refractivity contribution in [2.24, 2.45) is 0 Å². The van der Waals surface area contributed by atoms with Crippen LogP contribution in [-0.2, 0) is 23.9 Å². The molecule has 6 heteroatoms. The third-order valence-corrected chi connectivity index (χ3v) is 2.84. The topological polar surface area (TPSA) is 69.7 Å². The summed E-state index contributed by atoms with van der Waals surface area (Å²) in [7, 11) is 0. The van der Waals surface area contributed by atoms with E-state index in [1.807, 2.05) is 0 Å². The van der Waals surface area contributed by atoms with Gasteiger partial charge in [0.25, 0.3) is 5.78 Å². The highest BCUT2D eigenvalue weighted by atomic mass is 32.1. The van der Waals surface area contributed by atoms with E-state index in [9.17, 15) is 14.4 Å². The van der Waals surface area contributed by atoms with Crippen LogP contribution in [0.2, 0.25) is 0 Å². The number of rotatable bonds is 6. The highest BCUT2D eigenvalue weighted by Crippen LogP contribution is 2.22. The second kappa shape index (κ2) is 6.90. The first-order chi connectivity index (χ1) is 8.61. The first-order valence-electron chi connectivity index (χ1n) is 5.51. The molecule has 0 aromatic carbocycles. The lowest BCUT2D eigenvalue weighted by atomic mass is 9.97. The van der Waals surface area contributed by atoms with E-state index < -0.39 is 23.6 Å². The Balaban J connectivity index is 2.94. The van der Waals surface area contributed by atoms with Crippen molar-refractivity contribution in [1.29, 1.82) is 0 Å². The molecule has 0 aliphatic carbocycles. The molecular weight excluding hydrogens is 256 g/mol. The summed E-state index contributed by atoms with van der Waals surface area (Å²) in [5.41, 5.74) is 0.455. The summed E-state index contributed by atoms with van der Waals surface area (Å²) in [5, 5.41) is 3.36. The Hall–Kier alpha value is -1.69. The lowest BCUT2D eigenvalue weighted by molar-refractivity contribution is -0.159. The molecule has 0 aliphatic heterocycles. The minimum Gasteiger partial charge on any atom is -0.465 e. The van der Waals surface area contributed by atoms with Gasteiger partial charge in [-0.25, -0.2) is 4.79 Å². The SMILES string of the molecule is CCOC(=O)C(=O)C(C(=O)OCC)c1ccsc1. The van der Waals surface area contributed by atoms with Gasteiger partial charge in [0.2, 0.25) is 0 Å². The van der Waals surface area contributed by atoms with Gasteiger partial charge in [-0.2, -0.15) is 11.3 Å². The Labute approximate surface area is 109 Å². The van der Waals surface area contributed by atoms with Crippen LogP contribution in [0.25, 0.3) is 0 Å². The fraction of sp³-hybridized carbons (Fsp3) is 0.417. The molecule has 18 heavy (non-hydrogen) atoms. The molecule has 1 rings (SSSR count). The maximum atomic E-state index is 11.9. The number of thiophene rings is 1. The summed E-state index contributed by atoms with van der Waals surface area (Å²) in [6, 6.07) is 1.61. The summed E-state index contributed by atoms with van der Waals surface area (Å²) in [4.78, 5) is 35.0. The second-order valence-corrected chi connectivity index (χ2v) is 4.11. The normalized spacial score (nSPS) is 11.7. The molecule has 0 spiro atoms. The number of esters is 2. The molecule has 1 unspecified atom stereocenters. The lowest BCUT2D eigenvalue weighted by Gasteiger charge is -2.12. The van der Waals surface area contributed by atoms with Crippen LogP contribution in [-0.4, -0.2) is 30.9 Å². The van der Waals surface area contributed by atoms with Gasteiger partial charge in [0.15, 0.2) is 5.92 Å². The van der Waals surface area contributed by atoms with Crippen molar-refractivity contribution < 1.29 is 23.9 Å². The number of ketones is 1. The molecular formula is C12H14O5S. The number of ether oxygens (including phenoxy) is 2. The van der Waals surface area contributed by atoms with Gasteiger partial charge in [-0.05, 0) is 36.2 Å². The molecule has 1 atom stereocenters. The lowest BCUT2D eigenvalue weighted by Crippen LogP contribution is -2.31. The van der Waals surface area contributed by atoms with Crippen LogP contribution in [0.3, 0.4) is 0 Å². The number of hydrogen-bond acceptors (Lipinski definition) is 6. The zero-order valence-electron chi connectivity index (χ0n) is 10.2. The van der Waals surface area contributed by atoms with Gasteiger partial charge < -0.3 is 9.47 Å². The summed E-state index contributed by atoms with van der Waals surface area (Å²) in [5.74, 6) is -3.86. The molecule has 0 fully saturated rings. The molecule has 0 bridgehead atoms. The summed E-state index contributed by atoms with van der Waals surface area (Å²) in [6.07, 6.45) is 0. The number of carbonyl (C=O) groups is 3. The van der Waals surface area contributed by atoms with Crippen molar-refractivity contribution in [3.63, 3.8) is 0 Å². The Morgan fingerprint density at radius 1 is 1.22 bits per heavy atom. The molecule has 1 aromatic rings. The van der Waals surface area contributed by atoms with Gasteiger partial charge in [0, 0.05) is 0 Å². The third kappa shape index (κ3) is 3.40. The van der Waals surface area contributed by atoms with E-state index in [0.717, 1.165) is 0 Å². The summed E-state index contributed by atoms with van der Waals surface area (Å²) in [6.45, 7) is 3.46. The Bertz CT molecular complexity index is 424. The van der Waals surface area contributed by atoms with E-state index in [2.05, 4.69) is 4.74 Å². The van der Waals surface area contributed by atoms with Crippen molar-refractivity contribution in [3.8, 4) is 0 Å². The smallest absolute Gasteiger partial charge is 0.375 e. The zero-order chi connectivity index (χ0) is 13.5. The quantitative estimate of drug-likeness (QED) is 0.445. The Kier molecular flexibility index (Phi) is 5.51. The Morgan fingerprint density at radius 2 is 1.89 bits per heavy atom. The van der Waals surface area contributed by atoms with Crippen LogP contribution in [0.15, 0.2) is 16.8 Å². The molecule has 0 amide bonds. The van der Waals surface area contributed by atoms with Crippen molar-refractivity contribution in [2.45, 2.75) is 19.8 Å². The van der Waals surface area contributed by atoms with E-state index in [-0.39, 0.29) is 13.2 Å². The van der Waals surface area contributed by atoms with E-state index in [4.69, 9.17) is 4.74 Å². The molecule has 0 aliphatic rings. The van der Waals surface area contributed by atoms with Crippen LogP contribution >= 0.6 is 11.3 Å². The highest BCUT2D eigenvalue weighted by Gasteiger charge is 2.35. The van der Waals surface area contributed by atoms with Gasteiger partial charge in [-0.15, -0.1) is 0 Å². The maximum absolute atomic E-state index is 11.9. The van der Waals surface area contributed by atoms with E-state index >= 15 is 0 Å². The molecule has 1 heterocycles.